The highest BCUT2D eigenvalue weighted by molar-refractivity contribution is 6.30. The minimum absolute atomic E-state index is 0.0959. The van der Waals surface area contributed by atoms with Crippen LogP contribution in [0, 0.1) is 5.95 Å². The Bertz CT molecular complexity index is 661. The summed E-state index contributed by atoms with van der Waals surface area (Å²) in [6.07, 6.45) is 0. The molecule has 1 aliphatic heterocycles. The maximum absolute atomic E-state index is 14.4. The molecule has 0 fully saturated rings. The van der Waals surface area contributed by atoms with Crippen LogP contribution >= 0.6 is 11.6 Å². The van der Waals surface area contributed by atoms with Gasteiger partial charge in [-0.15, -0.1) is 0 Å². The Labute approximate surface area is 114 Å². The number of fused-ring (bicyclic) bond motifs is 1. The van der Waals surface area contributed by atoms with Gasteiger partial charge in [0.2, 0.25) is 5.95 Å². The summed E-state index contributed by atoms with van der Waals surface area (Å²) in [5.74, 6) is -0.516. The first-order valence-electron chi connectivity index (χ1n) is 6.01. The Kier molecular flexibility index (Phi) is 3.16. The molecule has 0 amide bonds. The second-order valence-corrected chi connectivity index (χ2v) is 4.77. The lowest BCUT2D eigenvalue weighted by Crippen LogP contribution is -2.23. The van der Waals surface area contributed by atoms with Crippen LogP contribution in [0.2, 0.25) is 5.02 Å². The summed E-state index contributed by atoms with van der Waals surface area (Å²) in [7, 11) is 0. The molecular weight excluding hydrogens is 271 g/mol. The van der Waals surface area contributed by atoms with Crippen LogP contribution in [0.5, 0.6) is 0 Å². The van der Waals surface area contributed by atoms with Gasteiger partial charge < -0.3 is 4.74 Å². The van der Waals surface area contributed by atoms with Crippen LogP contribution in [0.4, 0.5) is 4.39 Å². The SMILES string of the molecule is O=c1c(-c2ccc(Cl)cc2)c(F)n2n1CCOCC2. The van der Waals surface area contributed by atoms with E-state index >= 15 is 0 Å². The number of aromatic nitrogens is 2. The van der Waals surface area contributed by atoms with Crippen molar-refractivity contribution in [2.45, 2.75) is 13.1 Å². The number of hydrogen-bond donors (Lipinski definition) is 0. The zero-order valence-corrected chi connectivity index (χ0v) is 10.9. The van der Waals surface area contributed by atoms with Crippen molar-refractivity contribution in [3.63, 3.8) is 0 Å². The minimum Gasteiger partial charge on any atom is -0.378 e. The number of nitrogens with zero attached hydrogens (tertiary/aromatic N) is 2. The molecule has 1 aromatic carbocycles. The van der Waals surface area contributed by atoms with Gasteiger partial charge in [-0.3, -0.25) is 9.48 Å². The Morgan fingerprint density at radius 3 is 2.42 bits per heavy atom. The van der Waals surface area contributed by atoms with E-state index < -0.39 is 5.95 Å². The fourth-order valence-electron chi connectivity index (χ4n) is 2.27. The summed E-state index contributed by atoms with van der Waals surface area (Å²) < 4.78 is 22.4. The van der Waals surface area contributed by atoms with Gasteiger partial charge in [0.1, 0.15) is 5.56 Å². The minimum atomic E-state index is -0.516. The van der Waals surface area contributed by atoms with Crippen molar-refractivity contribution >= 4 is 11.6 Å². The smallest absolute Gasteiger partial charge is 0.277 e. The van der Waals surface area contributed by atoms with Crippen molar-refractivity contribution in [1.82, 2.24) is 9.36 Å². The first kappa shape index (κ1) is 12.4. The fraction of sp³-hybridized carbons (Fsp3) is 0.308. The Balaban J connectivity index is 2.17. The van der Waals surface area contributed by atoms with Gasteiger partial charge in [-0.1, -0.05) is 23.7 Å². The van der Waals surface area contributed by atoms with Gasteiger partial charge in [0.15, 0.2) is 0 Å². The summed E-state index contributed by atoms with van der Waals surface area (Å²) >= 11 is 5.80. The summed E-state index contributed by atoms with van der Waals surface area (Å²) in [6, 6.07) is 6.59. The highest BCUT2D eigenvalue weighted by Gasteiger charge is 2.22. The lowest BCUT2D eigenvalue weighted by molar-refractivity contribution is 0.136. The molecule has 2 heterocycles. The van der Waals surface area contributed by atoms with Crippen molar-refractivity contribution in [3.05, 3.63) is 45.6 Å². The van der Waals surface area contributed by atoms with Gasteiger partial charge in [0, 0.05) is 5.02 Å². The fourth-order valence-corrected chi connectivity index (χ4v) is 2.39. The number of ether oxygens (including phenoxy) is 1. The van der Waals surface area contributed by atoms with E-state index in [9.17, 15) is 9.18 Å². The second-order valence-electron chi connectivity index (χ2n) is 4.34. The maximum Gasteiger partial charge on any atom is 0.277 e. The maximum atomic E-state index is 14.4. The van der Waals surface area contributed by atoms with E-state index in [-0.39, 0.29) is 11.1 Å². The molecule has 0 saturated carbocycles. The normalized spacial score (nSPS) is 15.1. The molecule has 0 radical (unpaired) electrons. The molecule has 3 rings (SSSR count). The van der Waals surface area contributed by atoms with E-state index in [0.717, 1.165) is 0 Å². The van der Waals surface area contributed by atoms with Crippen LogP contribution in [0.25, 0.3) is 11.1 Å². The molecule has 0 N–H and O–H groups in total. The summed E-state index contributed by atoms with van der Waals surface area (Å²) in [4.78, 5) is 12.3. The molecule has 6 heteroatoms. The molecule has 2 aromatic rings. The largest absolute Gasteiger partial charge is 0.378 e. The predicted molar refractivity (Wildman–Crippen MR) is 69.9 cm³/mol. The number of benzene rings is 1. The van der Waals surface area contributed by atoms with Crippen LogP contribution in [0.3, 0.4) is 0 Å². The Morgan fingerprint density at radius 2 is 1.74 bits per heavy atom. The van der Waals surface area contributed by atoms with Gasteiger partial charge >= 0.3 is 0 Å². The van der Waals surface area contributed by atoms with Crippen molar-refractivity contribution in [2.75, 3.05) is 13.2 Å². The van der Waals surface area contributed by atoms with Crippen LogP contribution in [-0.4, -0.2) is 22.6 Å². The van der Waals surface area contributed by atoms with Gasteiger partial charge in [0.05, 0.1) is 26.3 Å². The molecule has 0 spiro atoms. The first-order chi connectivity index (χ1) is 9.18. The van der Waals surface area contributed by atoms with Crippen molar-refractivity contribution in [2.24, 2.45) is 0 Å². The molecule has 0 bridgehead atoms. The average molecular weight is 283 g/mol. The molecule has 1 aromatic heterocycles. The summed E-state index contributed by atoms with van der Waals surface area (Å²) in [5.41, 5.74) is 0.310. The molecule has 0 saturated heterocycles. The molecule has 0 unspecified atom stereocenters. The molecule has 0 aliphatic carbocycles. The van der Waals surface area contributed by atoms with E-state index in [4.69, 9.17) is 16.3 Å². The van der Waals surface area contributed by atoms with E-state index in [0.29, 0.717) is 36.9 Å². The van der Waals surface area contributed by atoms with E-state index in [1.54, 1.807) is 24.3 Å². The third-order valence-electron chi connectivity index (χ3n) is 3.20. The monoisotopic (exact) mass is 282 g/mol. The van der Waals surface area contributed by atoms with Gasteiger partial charge in [0.25, 0.3) is 5.56 Å². The molecule has 19 heavy (non-hydrogen) atoms. The number of halogens is 2. The first-order valence-corrected chi connectivity index (χ1v) is 6.39. The molecule has 0 atom stereocenters. The van der Waals surface area contributed by atoms with Crippen molar-refractivity contribution in [3.8, 4) is 11.1 Å². The second kappa shape index (κ2) is 4.83. The van der Waals surface area contributed by atoms with Gasteiger partial charge in [-0.05, 0) is 17.7 Å². The molecular formula is C13H12ClFN2O2. The van der Waals surface area contributed by atoms with Crippen molar-refractivity contribution in [1.29, 1.82) is 0 Å². The van der Waals surface area contributed by atoms with Gasteiger partial charge in [-0.25, -0.2) is 4.68 Å². The zero-order valence-electron chi connectivity index (χ0n) is 10.1. The molecule has 1 aliphatic rings. The molecule has 4 nitrogen and oxygen atoms in total. The number of hydrogen-bond acceptors (Lipinski definition) is 2. The van der Waals surface area contributed by atoms with Crippen LogP contribution in [0.15, 0.2) is 29.1 Å². The quantitative estimate of drug-likeness (QED) is 0.803. The van der Waals surface area contributed by atoms with Gasteiger partial charge in [-0.2, -0.15) is 4.39 Å². The lowest BCUT2D eigenvalue weighted by Gasteiger charge is -2.04. The molecule has 100 valence electrons. The lowest BCUT2D eigenvalue weighted by atomic mass is 10.1. The highest BCUT2D eigenvalue weighted by Crippen LogP contribution is 2.22. The topological polar surface area (TPSA) is 36.2 Å². The Hall–Kier alpha value is -1.59. The Morgan fingerprint density at radius 1 is 1.11 bits per heavy atom. The third-order valence-corrected chi connectivity index (χ3v) is 3.45. The van der Waals surface area contributed by atoms with Crippen LogP contribution < -0.4 is 5.56 Å². The van der Waals surface area contributed by atoms with Crippen LogP contribution in [-0.2, 0) is 17.8 Å². The predicted octanol–water partition coefficient (Wildman–Crippen LogP) is 2.14. The highest BCUT2D eigenvalue weighted by atomic mass is 35.5. The summed E-state index contributed by atoms with van der Waals surface area (Å²) in [6.45, 7) is 1.53. The average Bonchev–Trinajstić information content (AvgIpc) is 2.61. The van der Waals surface area contributed by atoms with Crippen LogP contribution in [0.1, 0.15) is 0 Å². The van der Waals surface area contributed by atoms with E-state index in [1.807, 2.05) is 0 Å². The number of rotatable bonds is 1. The standard InChI is InChI=1S/C13H12ClFN2O2/c14-10-3-1-9(2-4-10)11-12(15)16-5-7-19-8-6-17(16)13(11)18/h1-4H,5-8H2. The third kappa shape index (κ3) is 2.09. The van der Waals surface area contributed by atoms with E-state index in [2.05, 4.69) is 0 Å². The van der Waals surface area contributed by atoms with Crippen molar-refractivity contribution < 1.29 is 9.13 Å². The van der Waals surface area contributed by atoms with E-state index in [1.165, 1.54) is 9.36 Å². The summed E-state index contributed by atoms with van der Waals surface area (Å²) in [5, 5.41) is 0.554. The zero-order chi connectivity index (χ0) is 13.4.